The van der Waals surface area contributed by atoms with Gasteiger partial charge in [0.25, 0.3) is 0 Å². The summed E-state index contributed by atoms with van der Waals surface area (Å²) in [7, 11) is 0. The molecule has 0 heterocycles. The molecule has 2 aliphatic carbocycles. The van der Waals surface area contributed by atoms with Crippen LogP contribution in [0.4, 0.5) is 0 Å². The van der Waals surface area contributed by atoms with Gasteiger partial charge >= 0.3 is 0 Å². The maximum Gasteiger partial charge on any atom is 0.0102 e. The molecule has 2 saturated carbocycles. The third-order valence-electron chi connectivity index (χ3n) is 2.72. The van der Waals surface area contributed by atoms with Crippen LogP contribution in [0.1, 0.15) is 25.7 Å². The van der Waals surface area contributed by atoms with Crippen LogP contribution < -0.4 is 5.73 Å². The standard InChI is InChI=1S/C7H13N/c8-7-5-3-1-2-4-6(5)7/h5-7H,1-4,8H2. The van der Waals surface area contributed by atoms with E-state index in [9.17, 15) is 0 Å². The zero-order chi connectivity index (χ0) is 5.56. The van der Waals surface area contributed by atoms with Crippen LogP contribution in [-0.2, 0) is 0 Å². The average Bonchev–Trinajstić information content (AvgIpc) is 2.46. The highest BCUT2D eigenvalue weighted by molar-refractivity contribution is 5.02. The van der Waals surface area contributed by atoms with E-state index in [1.54, 1.807) is 0 Å². The fourth-order valence-corrected chi connectivity index (χ4v) is 2.05. The summed E-state index contributed by atoms with van der Waals surface area (Å²) in [4.78, 5) is 0. The molecule has 0 saturated heterocycles. The maximum absolute atomic E-state index is 5.77. The van der Waals surface area contributed by atoms with E-state index in [1.165, 1.54) is 25.7 Å². The van der Waals surface area contributed by atoms with E-state index in [0.29, 0.717) is 6.04 Å². The van der Waals surface area contributed by atoms with Crippen LogP contribution >= 0.6 is 0 Å². The van der Waals surface area contributed by atoms with E-state index >= 15 is 0 Å². The monoisotopic (exact) mass is 111 g/mol. The number of fused-ring (bicyclic) bond motifs is 1. The Morgan fingerprint density at radius 2 is 1.50 bits per heavy atom. The van der Waals surface area contributed by atoms with Gasteiger partial charge in [-0.15, -0.1) is 0 Å². The highest BCUT2D eigenvalue weighted by Crippen LogP contribution is 2.48. The van der Waals surface area contributed by atoms with Crippen LogP contribution in [-0.4, -0.2) is 6.04 Å². The normalized spacial score (nSPS) is 52.9. The summed E-state index contributed by atoms with van der Waals surface area (Å²) in [5, 5.41) is 0. The molecular weight excluding hydrogens is 98.1 g/mol. The average molecular weight is 111 g/mol. The van der Waals surface area contributed by atoms with Gasteiger partial charge in [0.15, 0.2) is 0 Å². The smallest absolute Gasteiger partial charge is 0.0102 e. The minimum absolute atomic E-state index is 0.609. The maximum atomic E-state index is 5.77. The van der Waals surface area contributed by atoms with Crippen molar-refractivity contribution in [2.24, 2.45) is 17.6 Å². The van der Waals surface area contributed by atoms with E-state index in [1.807, 2.05) is 0 Å². The van der Waals surface area contributed by atoms with Crippen LogP contribution in [0.2, 0.25) is 0 Å². The number of nitrogens with two attached hydrogens (primary N) is 1. The second kappa shape index (κ2) is 1.47. The first kappa shape index (κ1) is 4.80. The van der Waals surface area contributed by atoms with Gasteiger partial charge in [0.1, 0.15) is 0 Å². The summed E-state index contributed by atoms with van der Waals surface area (Å²) < 4.78 is 0. The molecule has 0 aromatic heterocycles. The van der Waals surface area contributed by atoms with Crippen LogP contribution in [0.5, 0.6) is 0 Å². The Kier molecular flexibility index (Phi) is 0.884. The van der Waals surface area contributed by atoms with Gasteiger partial charge in [-0.1, -0.05) is 12.8 Å². The largest absolute Gasteiger partial charge is 0.327 e. The minimum atomic E-state index is 0.609. The Balaban J connectivity index is 1.97. The lowest BCUT2D eigenvalue weighted by Gasteiger charge is -2.04. The van der Waals surface area contributed by atoms with Gasteiger partial charge in [-0.25, -0.2) is 0 Å². The molecule has 2 N–H and O–H groups in total. The molecule has 0 radical (unpaired) electrons. The predicted molar refractivity (Wildman–Crippen MR) is 33.4 cm³/mol. The predicted octanol–water partition coefficient (Wildman–Crippen LogP) is 1.13. The summed E-state index contributed by atoms with van der Waals surface area (Å²) in [6, 6.07) is 0.609. The van der Waals surface area contributed by atoms with Crippen molar-refractivity contribution in [1.29, 1.82) is 0 Å². The molecule has 0 spiro atoms. The second-order valence-electron chi connectivity index (χ2n) is 3.19. The lowest BCUT2D eigenvalue weighted by Crippen LogP contribution is -2.02. The van der Waals surface area contributed by atoms with Crippen molar-refractivity contribution in [3.8, 4) is 0 Å². The molecule has 0 aromatic carbocycles. The summed E-state index contributed by atoms with van der Waals surface area (Å²) in [5.41, 5.74) is 5.77. The first-order chi connectivity index (χ1) is 3.89. The number of rotatable bonds is 0. The Morgan fingerprint density at radius 3 is 1.88 bits per heavy atom. The molecule has 0 aromatic rings. The van der Waals surface area contributed by atoms with Crippen LogP contribution in [0, 0.1) is 11.8 Å². The Morgan fingerprint density at radius 1 is 1.00 bits per heavy atom. The van der Waals surface area contributed by atoms with Gasteiger partial charge in [0.2, 0.25) is 0 Å². The first-order valence-corrected chi connectivity index (χ1v) is 3.65. The summed E-state index contributed by atoms with van der Waals surface area (Å²) in [6.07, 6.45) is 5.72. The van der Waals surface area contributed by atoms with E-state index in [2.05, 4.69) is 0 Å². The summed E-state index contributed by atoms with van der Waals surface area (Å²) in [5.74, 6) is 1.90. The van der Waals surface area contributed by atoms with Crippen molar-refractivity contribution in [2.75, 3.05) is 0 Å². The molecule has 8 heavy (non-hydrogen) atoms. The fourth-order valence-electron chi connectivity index (χ4n) is 2.05. The molecule has 2 rings (SSSR count). The van der Waals surface area contributed by atoms with E-state index in [-0.39, 0.29) is 0 Å². The van der Waals surface area contributed by atoms with Crippen molar-refractivity contribution < 1.29 is 0 Å². The van der Waals surface area contributed by atoms with Crippen molar-refractivity contribution in [3.05, 3.63) is 0 Å². The summed E-state index contributed by atoms with van der Waals surface area (Å²) in [6.45, 7) is 0. The molecule has 1 nitrogen and oxygen atoms in total. The van der Waals surface area contributed by atoms with Gasteiger partial charge in [-0.3, -0.25) is 0 Å². The van der Waals surface area contributed by atoms with E-state index in [0.717, 1.165) is 11.8 Å². The zero-order valence-electron chi connectivity index (χ0n) is 5.14. The molecule has 0 aliphatic heterocycles. The second-order valence-corrected chi connectivity index (χ2v) is 3.19. The SMILES string of the molecule is NC1C2CCCCC12. The summed E-state index contributed by atoms with van der Waals surface area (Å²) >= 11 is 0. The van der Waals surface area contributed by atoms with Gasteiger partial charge in [0, 0.05) is 6.04 Å². The van der Waals surface area contributed by atoms with E-state index < -0.39 is 0 Å². The molecule has 0 bridgehead atoms. The van der Waals surface area contributed by atoms with Gasteiger partial charge < -0.3 is 5.73 Å². The van der Waals surface area contributed by atoms with Crippen molar-refractivity contribution >= 4 is 0 Å². The fraction of sp³-hybridized carbons (Fsp3) is 1.00. The van der Waals surface area contributed by atoms with Crippen LogP contribution in [0.3, 0.4) is 0 Å². The topological polar surface area (TPSA) is 26.0 Å². The number of hydrogen-bond donors (Lipinski definition) is 1. The Bertz CT molecular complexity index is 88.6. The van der Waals surface area contributed by atoms with Crippen molar-refractivity contribution in [3.63, 3.8) is 0 Å². The van der Waals surface area contributed by atoms with Crippen LogP contribution in [0.15, 0.2) is 0 Å². The van der Waals surface area contributed by atoms with Crippen molar-refractivity contribution in [2.45, 2.75) is 31.7 Å². The van der Waals surface area contributed by atoms with Gasteiger partial charge in [-0.05, 0) is 24.7 Å². The molecule has 1 heteroatoms. The number of hydrogen-bond acceptors (Lipinski definition) is 1. The third kappa shape index (κ3) is 0.510. The highest BCUT2D eigenvalue weighted by atomic mass is 14.8. The lowest BCUT2D eigenvalue weighted by atomic mass is 10.0. The van der Waals surface area contributed by atoms with Gasteiger partial charge in [0.05, 0.1) is 0 Å². The quantitative estimate of drug-likeness (QED) is 0.498. The van der Waals surface area contributed by atoms with Crippen LogP contribution in [0.25, 0.3) is 0 Å². The first-order valence-electron chi connectivity index (χ1n) is 3.65. The molecule has 2 aliphatic rings. The molecule has 2 atom stereocenters. The Hall–Kier alpha value is -0.0400. The molecule has 0 amide bonds. The third-order valence-corrected chi connectivity index (χ3v) is 2.72. The zero-order valence-corrected chi connectivity index (χ0v) is 5.14. The van der Waals surface area contributed by atoms with E-state index in [4.69, 9.17) is 5.73 Å². The lowest BCUT2D eigenvalue weighted by molar-refractivity contribution is 0.480. The molecule has 2 unspecified atom stereocenters. The Labute approximate surface area is 50.3 Å². The molecular formula is C7H13N. The minimum Gasteiger partial charge on any atom is -0.327 e. The molecule has 2 fully saturated rings. The molecule has 46 valence electrons. The van der Waals surface area contributed by atoms with Gasteiger partial charge in [-0.2, -0.15) is 0 Å². The van der Waals surface area contributed by atoms with Crippen molar-refractivity contribution in [1.82, 2.24) is 0 Å². The highest BCUT2D eigenvalue weighted by Gasteiger charge is 2.47.